The van der Waals surface area contributed by atoms with Crippen LogP contribution in [0.15, 0.2) is 18.2 Å². The molecule has 3 rings (SSSR count). The zero-order valence-electron chi connectivity index (χ0n) is 12.2. The highest BCUT2D eigenvalue weighted by Crippen LogP contribution is 2.41. The molecule has 0 radical (unpaired) electrons. The predicted octanol–water partition coefficient (Wildman–Crippen LogP) is 3.39. The van der Waals surface area contributed by atoms with E-state index in [1.165, 1.54) is 16.8 Å². The lowest BCUT2D eigenvalue weighted by molar-refractivity contribution is -0.148. The average Bonchev–Trinajstić information content (AvgIpc) is 2.88. The van der Waals surface area contributed by atoms with E-state index in [2.05, 4.69) is 30.0 Å². The Morgan fingerprint density at radius 1 is 1.30 bits per heavy atom. The largest absolute Gasteiger partial charge is 0.481 e. The van der Waals surface area contributed by atoms with Gasteiger partial charge in [-0.15, -0.1) is 0 Å². The molecule has 0 atom stereocenters. The fourth-order valence-corrected chi connectivity index (χ4v) is 3.82. The zero-order valence-corrected chi connectivity index (χ0v) is 12.2. The third kappa shape index (κ3) is 2.30. The predicted molar refractivity (Wildman–Crippen MR) is 80.2 cm³/mol. The van der Waals surface area contributed by atoms with Crippen LogP contribution in [0.25, 0.3) is 0 Å². The third-order valence-corrected chi connectivity index (χ3v) is 4.96. The van der Waals surface area contributed by atoms with Gasteiger partial charge in [0.25, 0.3) is 0 Å². The second-order valence-corrected chi connectivity index (χ2v) is 6.45. The molecule has 1 saturated carbocycles. The topological polar surface area (TPSA) is 40.5 Å². The molecular formula is C17H23NO2. The highest BCUT2D eigenvalue weighted by atomic mass is 16.4. The van der Waals surface area contributed by atoms with Crippen LogP contribution in [-0.2, 0) is 11.2 Å². The van der Waals surface area contributed by atoms with Crippen molar-refractivity contribution in [1.82, 2.24) is 0 Å². The van der Waals surface area contributed by atoms with E-state index in [1.54, 1.807) is 0 Å². The van der Waals surface area contributed by atoms with Crippen LogP contribution in [0.1, 0.15) is 43.2 Å². The molecule has 2 aliphatic rings. The van der Waals surface area contributed by atoms with Crippen molar-refractivity contribution in [2.24, 2.45) is 5.41 Å². The first-order valence-corrected chi connectivity index (χ1v) is 7.69. The number of aliphatic carboxylic acids is 1. The summed E-state index contributed by atoms with van der Waals surface area (Å²) in [5.41, 5.74) is 3.42. The first kappa shape index (κ1) is 13.5. The Morgan fingerprint density at radius 3 is 2.75 bits per heavy atom. The maximum atomic E-state index is 11.7. The molecule has 3 heteroatoms. The number of anilines is 1. The molecule has 0 aromatic heterocycles. The molecule has 108 valence electrons. The van der Waals surface area contributed by atoms with Gasteiger partial charge < -0.3 is 10.0 Å². The molecule has 0 amide bonds. The van der Waals surface area contributed by atoms with Gasteiger partial charge in [-0.3, -0.25) is 4.79 Å². The van der Waals surface area contributed by atoms with Crippen LogP contribution in [0.5, 0.6) is 0 Å². The standard InChI is InChI=1S/C17H23NO2/c1-13-6-7-15-14(11-13)5-4-10-18(15)12-17(16(19)20)8-2-3-9-17/h6-7,11H,2-5,8-10,12H2,1H3,(H,19,20). The van der Waals surface area contributed by atoms with Crippen LogP contribution >= 0.6 is 0 Å². The molecule has 0 bridgehead atoms. The van der Waals surface area contributed by atoms with Gasteiger partial charge in [-0.25, -0.2) is 0 Å². The quantitative estimate of drug-likeness (QED) is 0.917. The summed E-state index contributed by atoms with van der Waals surface area (Å²) in [5.74, 6) is -0.603. The minimum atomic E-state index is -0.603. The summed E-state index contributed by atoms with van der Waals surface area (Å²) in [6, 6.07) is 6.57. The molecule has 20 heavy (non-hydrogen) atoms. The van der Waals surface area contributed by atoms with Gasteiger partial charge in [0.1, 0.15) is 0 Å². The van der Waals surface area contributed by atoms with Crippen molar-refractivity contribution in [2.75, 3.05) is 18.0 Å². The Bertz CT molecular complexity index is 518. The summed E-state index contributed by atoms with van der Waals surface area (Å²) < 4.78 is 0. The summed E-state index contributed by atoms with van der Waals surface area (Å²) in [6.45, 7) is 3.79. The average molecular weight is 273 g/mol. The highest BCUT2D eigenvalue weighted by Gasteiger charge is 2.43. The number of rotatable bonds is 3. The Kier molecular flexibility index (Phi) is 3.45. The van der Waals surface area contributed by atoms with Gasteiger partial charge in [-0.1, -0.05) is 30.5 Å². The van der Waals surface area contributed by atoms with E-state index in [1.807, 2.05) is 0 Å². The SMILES string of the molecule is Cc1ccc2c(c1)CCCN2CC1(C(=O)O)CCCC1. The number of benzene rings is 1. The van der Waals surface area contributed by atoms with Gasteiger partial charge in [-0.05, 0) is 44.2 Å². The van der Waals surface area contributed by atoms with Crippen molar-refractivity contribution < 1.29 is 9.90 Å². The maximum Gasteiger partial charge on any atom is 0.311 e. The summed E-state index contributed by atoms with van der Waals surface area (Å²) >= 11 is 0. The van der Waals surface area contributed by atoms with Crippen LogP contribution in [0.4, 0.5) is 5.69 Å². The van der Waals surface area contributed by atoms with Gasteiger partial charge >= 0.3 is 5.97 Å². The zero-order chi connectivity index (χ0) is 14.2. The van der Waals surface area contributed by atoms with Crippen LogP contribution in [0.2, 0.25) is 0 Å². The van der Waals surface area contributed by atoms with Crippen LogP contribution < -0.4 is 4.90 Å². The maximum absolute atomic E-state index is 11.7. The first-order chi connectivity index (χ1) is 9.61. The Morgan fingerprint density at radius 2 is 2.05 bits per heavy atom. The van der Waals surface area contributed by atoms with E-state index in [0.29, 0.717) is 6.54 Å². The number of aryl methyl sites for hydroxylation is 2. The molecule has 3 nitrogen and oxygen atoms in total. The molecule has 0 unspecified atom stereocenters. The van der Waals surface area contributed by atoms with E-state index in [-0.39, 0.29) is 0 Å². The Hall–Kier alpha value is -1.51. The number of fused-ring (bicyclic) bond motifs is 1. The first-order valence-electron chi connectivity index (χ1n) is 7.69. The lowest BCUT2D eigenvalue weighted by atomic mass is 9.84. The van der Waals surface area contributed by atoms with Gasteiger partial charge in [0.2, 0.25) is 0 Å². The van der Waals surface area contributed by atoms with Crippen LogP contribution in [0.3, 0.4) is 0 Å². The van der Waals surface area contributed by atoms with Crippen molar-refractivity contribution in [2.45, 2.75) is 45.4 Å². The van der Waals surface area contributed by atoms with E-state index in [4.69, 9.17) is 0 Å². The van der Waals surface area contributed by atoms with Crippen molar-refractivity contribution in [3.8, 4) is 0 Å². The van der Waals surface area contributed by atoms with Crippen LogP contribution in [0, 0.1) is 12.3 Å². The van der Waals surface area contributed by atoms with Crippen molar-refractivity contribution in [1.29, 1.82) is 0 Å². The molecule has 0 saturated heterocycles. The van der Waals surface area contributed by atoms with Crippen molar-refractivity contribution in [3.05, 3.63) is 29.3 Å². The van der Waals surface area contributed by atoms with Crippen LogP contribution in [-0.4, -0.2) is 24.2 Å². The fourth-order valence-electron chi connectivity index (χ4n) is 3.82. The molecule has 1 aliphatic carbocycles. The number of hydrogen-bond donors (Lipinski definition) is 1. The smallest absolute Gasteiger partial charge is 0.311 e. The number of carbonyl (C=O) groups is 1. The molecule has 1 aromatic carbocycles. The summed E-state index contributed by atoms with van der Waals surface area (Å²) in [7, 11) is 0. The fraction of sp³-hybridized carbons (Fsp3) is 0.588. The van der Waals surface area contributed by atoms with Crippen molar-refractivity contribution >= 4 is 11.7 Å². The minimum Gasteiger partial charge on any atom is -0.481 e. The molecule has 1 N–H and O–H groups in total. The summed E-state index contributed by atoms with van der Waals surface area (Å²) in [5, 5.41) is 9.66. The Balaban J connectivity index is 1.87. The van der Waals surface area contributed by atoms with Gasteiger partial charge in [0.05, 0.1) is 5.41 Å². The van der Waals surface area contributed by atoms with Gasteiger partial charge in [-0.2, -0.15) is 0 Å². The third-order valence-electron chi connectivity index (χ3n) is 4.96. The second kappa shape index (κ2) is 5.12. The number of nitrogens with zero attached hydrogens (tertiary/aromatic N) is 1. The van der Waals surface area contributed by atoms with Gasteiger partial charge in [0, 0.05) is 18.8 Å². The molecule has 1 aromatic rings. The minimum absolute atomic E-state index is 0.514. The second-order valence-electron chi connectivity index (χ2n) is 6.45. The molecule has 1 fully saturated rings. The molecular weight excluding hydrogens is 250 g/mol. The summed E-state index contributed by atoms with van der Waals surface area (Å²) in [6.07, 6.45) is 6.03. The van der Waals surface area contributed by atoms with Gasteiger partial charge in [0.15, 0.2) is 0 Å². The van der Waals surface area contributed by atoms with Crippen molar-refractivity contribution in [3.63, 3.8) is 0 Å². The summed E-state index contributed by atoms with van der Waals surface area (Å²) in [4.78, 5) is 14.1. The Labute approximate surface area is 120 Å². The van der Waals surface area contributed by atoms with E-state index in [0.717, 1.165) is 45.1 Å². The normalized spacial score (nSPS) is 20.8. The monoisotopic (exact) mass is 273 g/mol. The lowest BCUT2D eigenvalue weighted by Gasteiger charge is -2.37. The van der Waals surface area contributed by atoms with E-state index >= 15 is 0 Å². The molecule has 0 spiro atoms. The lowest BCUT2D eigenvalue weighted by Crippen LogP contribution is -2.43. The highest BCUT2D eigenvalue weighted by molar-refractivity contribution is 5.76. The number of carboxylic acids is 1. The molecule has 1 heterocycles. The van der Waals surface area contributed by atoms with E-state index < -0.39 is 11.4 Å². The number of carboxylic acid groups (broad SMARTS) is 1. The number of hydrogen-bond acceptors (Lipinski definition) is 2. The van der Waals surface area contributed by atoms with E-state index in [9.17, 15) is 9.90 Å². The molecule has 1 aliphatic heterocycles.